The first kappa shape index (κ1) is 14.2. The number of benzene rings is 1. The maximum Gasteiger partial charge on any atom is 0.0426 e. The van der Waals surface area contributed by atoms with Gasteiger partial charge in [0.1, 0.15) is 0 Å². The molecule has 2 heterocycles. The average molecular weight is 293 g/mol. The SMILES string of the molecule is CCNC1CC2CCCC(C1)N2c1cc(Cl)ccc1C. The van der Waals surface area contributed by atoms with Crippen LogP contribution >= 0.6 is 11.6 Å². The lowest BCUT2D eigenvalue weighted by atomic mass is 9.81. The number of piperidine rings is 2. The fourth-order valence-electron chi connectivity index (χ4n) is 4.09. The van der Waals surface area contributed by atoms with Crippen LogP contribution in [-0.2, 0) is 0 Å². The molecule has 2 saturated heterocycles. The van der Waals surface area contributed by atoms with E-state index in [-0.39, 0.29) is 0 Å². The summed E-state index contributed by atoms with van der Waals surface area (Å²) in [4.78, 5) is 2.68. The Labute approximate surface area is 127 Å². The number of nitrogens with one attached hydrogen (secondary N) is 1. The second-order valence-electron chi connectivity index (χ2n) is 6.30. The molecule has 2 nitrogen and oxygen atoms in total. The van der Waals surface area contributed by atoms with Crippen molar-refractivity contribution in [2.45, 2.75) is 64.1 Å². The minimum Gasteiger partial charge on any atom is -0.365 e. The van der Waals surface area contributed by atoms with E-state index in [1.807, 2.05) is 6.07 Å². The third-order valence-corrected chi connectivity index (χ3v) is 5.15. The molecule has 0 aromatic heterocycles. The molecule has 0 saturated carbocycles. The molecule has 1 N–H and O–H groups in total. The third kappa shape index (κ3) is 2.68. The maximum atomic E-state index is 6.23. The van der Waals surface area contributed by atoms with Gasteiger partial charge in [0.05, 0.1) is 0 Å². The summed E-state index contributed by atoms with van der Waals surface area (Å²) in [5.74, 6) is 0. The van der Waals surface area contributed by atoms with E-state index in [9.17, 15) is 0 Å². The molecule has 2 bridgehead atoms. The van der Waals surface area contributed by atoms with Crippen molar-refractivity contribution >= 4 is 17.3 Å². The Hall–Kier alpha value is -0.730. The van der Waals surface area contributed by atoms with Crippen molar-refractivity contribution in [1.82, 2.24) is 5.32 Å². The van der Waals surface area contributed by atoms with Gasteiger partial charge in [0, 0.05) is 28.8 Å². The van der Waals surface area contributed by atoms with Crippen molar-refractivity contribution in [3.8, 4) is 0 Å². The van der Waals surface area contributed by atoms with Gasteiger partial charge in [-0.05, 0) is 63.3 Å². The van der Waals surface area contributed by atoms with Gasteiger partial charge < -0.3 is 10.2 Å². The fourth-order valence-corrected chi connectivity index (χ4v) is 4.26. The van der Waals surface area contributed by atoms with Crippen LogP contribution in [0.15, 0.2) is 18.2 Å². The number of rotatable bonds is 3. The van der Waals surface area contributed by atoms with E-state index in [0.717, 1.165) is 11.6 Å². The van der Waals surface area contributed by atoms with E-state index in [1.165, 1.54) is 43.4 Å². The van der Waals surface area contributed by atoms with Gasteiger partial charge in [-0.3, -0.25) is 0 Å². The highest BCUT2D eigenvalue weighted by Gasteiger charge is 2.38. The molecule has 2 fully saturated rings. The number of hydrogen-bond acceptors (Lipinski definition) is 2. The van der Waals surface area contributed by atoms with Gasteiger partial charge in [0.15, 0.2) is 0 Å². The van der Waals surface area contributed by atoms with Crippen LogP contribution in [0.25, 0.3) is 0 Å². The molecule has 1 aromatic carbocycles. The molecule has 3 heteroatoms. The van der Waals surface area contributed by atoms with Gasteiger partial charge in [-0.15, -0.1) is 0 Å². The molecule has 2 aliphatic heterocycles. The molecule has 2 aliphatic rings. The highest BCUT2D eigenvalue weighted by Crippen LogP contribution is 2.39. The first-order valence-corrected chi connectivity index (χ1v) is 8.34. The zero-order chi connectivity index (χ0) is 14.1. The van der Waals surface area contributed by atoms with Crippen molar-refractivity contribution in [3.63, 3.8) is 0 Å². The summed E-state index contributed by atoms with van der Waals surface area (Å²) in [7, 11) is 0. The van der Waals surface area contributed by atoms with Crippen LogP contribution in [0, 0.1) is 6.92 Å². The molecule has 2 atom stereocenters. The van der Waals surface area contributed by atoms with Crippen molar-refractivity contribution < 1.29 is 0 Å². The van der Waals surface area contributed by atoms with Crippen LogP contribution in [0.5, 0.6) is 0 Å². The standard InChI is InChI=1S/C17H25ClN2/c1-3-19-14-10-15-5-4-6-16(11-14)20(15)17-9-13(18)8-7-12(17)2/h7-9,14-16,19H,3-6,10-11H2,1-2H3. The van der Waals surface area contributed by atoms with Crippen LogP contribution in [0.1, 0.15) is 44.6 Å². The lowest BCUT2D eigenvalue weighted by Crippen LogP contribution is -2.56. The van der Waals surface area contributed by atoms with E-state index < -0.39 is 0 Å². The van der Waals surface area contributed by atoms with E-state index in [2.05, 4.69) is 36.2 Å². The number of anilines is 1. The number of aryl methyl sites for hydroxylation is 1. The Bertz CT molecular complexity index is 460. The number of nitrogens with zero attached hydrogens (tertiary/aromatic N) is 1. The first-order chi connectivity index (χ1) is 9.69. The highest BCUT2D eigenvalue weighted by atomic mass is 35.5. The van der Waals surface area contributed by atoms with Gasteiger partial charge in [-0.25, -0.2) is 0 Å². The third-order valence-electron chi connectivity index (χ3n) is 4.92. The fraction of sp³-hybridized carbons (Fsp3) is 0.647. The van der Waals surface area contributed by atoms with Gasteiger partial charge in [-0.1, -0.05) is 24.6 Å². The van der Waals surface area contributed by atoms with E-state index >= 15 is 0 Å². The quantitative estimate of drug-likeness (QED) is 0.900. The van der Waals surface area contributed by atoms with Crippen LogP contribution < -0.4 is 10.2 Å². The summed E-state index contributed by atoms with van der Waals surface area (Å²) in [5, 5.41) is 4.52. The molecular weight excluding hydrogens is 268 g/mol. The molecule has 0 radical (unpaired) electrons. The molecule has 0 aliphatic carbocycles. The molecular formula is C17H25ClN2. The monoisotopic (exact) mass is 292 g/mol. The van der Waals surface area contributed by atoms with Gasteiger partial charge in [-0.2, -0.15) is 0 Å². The first-order valence-electron chi connectivity index (χ1n) is 7.97. The summed E-state index contributed by atoms with van der Waals surface area (Å²) >= 11 is 6.23. The highest BCUT2D eigenvalue weighted by molar-refractivity contribution is 6.30. The molecule has 0 amide bonds. The van der Waals surface area contributed by atoms with E-state index in [4.69, 9.17) is 11.6 Å². The zero-order valence-electron chi connectivity index (χ0n) is 12.5. The van der Waals surface area contributed by atoms with Crippen LogP contribution in [0.2, 0.25) is 5.02 Å². The Morgan fingerprint density at radius 2 is 1.95 bits per heavy atom. The molecule has 1 aromatic rings. The Morgan fingerprint density at radius 3 is 2.60 bits per heavy atom. The summed E-state index contributed by atoms with van der Waals surface area (Å²) in [6, 6.07) is 8.39. The minimum absolute atomic E-state index is 0.684. The molecule has 20 heavy (non-hydrogen) atoms. The molecule has 2 unspecified atom stereocenters. The van der Waals surface area contributed by atoms with Crippen LogP contribution in [0.4, 0.5) is 5.69 Å². The maximum absolute atomic E-state index is 6.23. The largest absolute Gasteiger partial charge is 0.365 e. The Morgan fingerprint density at radius 1 is 1.25 bits per heavy atom. The molecule has 3 rings (SSSR count). The average Bonchev–Trinajstić information content (AvgIpc) is 2.41. The van der Waals surface area contributed by atoms with E-state index in [1.54, 1.807) is 0 Å². The second-order valence-corrected chi connectivity index (χ2v) is 6.74. The van der Waals surface area contributed by atoms with Crippen LogP contribution in [0.3, 0.4) is 0 Å². The summed E-state index contributed by atoms with van der Waals surface area (Å²) < 4.78 is 0. The lowest BCUT2D eigenvalue weighted by Gasteiger charge is -2.51. The molecule has 110 valence electrons. The predicted octanol–water partition coefficient (Wildman–Crippen LogP) is 4.15. The van der Waals surface area contributed by atoms with Crippen molar-refractivity contribution in [1.29, 1.82) is 0 Å². The Kier molecular flexibility index (Phi) is 4.23. The zero-order valence-corrected chi connectivity index (χ0v) is 13.3. The summed E-state index contributed by atoms with van der Waals surface area (Å²) in [6.07, 6.45) is 6.57. The lowest BCUT2D eigenvalue weighted by molar-refractivity contribution is 0.247. The van der Waals surface area contributed by atoms with Gasteiger partial charge in [0.2, 0.25) is 0 Å². The van der Waals surface area contributed by atoms with Crippen molar-refractivity contribution in [2.75, 3.05) is 11.4 Å². The van der Waals surface area contributed by atoms with Crippen molar-refractivity contribution in [2.24, 2.45) is 0 Å². The van der Waals surface area contributed by atoms with Crippen molar-refractivity contribution in [3.05, 3.63) is 28.8 Å². The predicted molar refractivity (Wildman–Crippen MR) is 86.8 cm³/mol. The van der Waals surface area contributed by atoms with Crippen LogP contribution in [-0.4, -0.2) is 24.7 Å². The van der Waals surface area contributed by atoms with Gasteiger partial charge >= 0.3 is 0 Å². The smallest absolute Gasteiger partial charge is 0.0426 e. The van der Waals surface area contributed by atoms with Gasteiger partial charge in [0.25, 0.3) is 0 Å². The number of fused-ring (bicyclic) bond motifs is 2. The topological polar surface area (TPSA) is 15.3 Å². The normalized spacial score (nSPS) is 29.6. The minimum atomic E-state index is 0.684. The summed E-state index contributed by atoms with van der Waals surface area (Å²) in [6.45, 7) is 5.50. The molecule has 0 spiro atoms. The number of halogens is 1. The Balaban J connectivity index is 1.88. The van der Waals surface area contributed by atoms with E-state index in [0.29, 0.717) is 18.1 Å². The number of hydrogen-bond donors (Lipinski definition) is 1. The second kappa shape index (κ2) is 5.95. The summed E-state index contributed by atoms with van der Waals surface area (Å²) in [5.41, 5.74) is 2.72.